The molecule has 0 atom stereocenters. The highest BCUT2D eigenvalue weighted by Crippen LogP contribution is 2.38. The van der Waals surface area contributed by atoms with Gasteiger partial charge in [-0.15, -0.1) is 0 Å². The monoisotopic (exact) mass is 416 g/mol. The van der Waals surface area contributed by atoms with Crippen LogP contribution in [-0.4, -0.2) is 23.4 Å². The number of anilines is 1. The summed E-state index contributed by atoms with van der Waals surface area (Å²) in [6.07, 6.45) is -0.790. The highest BCUT2D eigenvalue weighted by atomic mass is 19.4. The van der Waals surface area contributed by atoms with Gasteiger partial charge in [-0.1, -0.05) is 23.4 Å². The molecule has 0 aromatic heterocycles. The summed E-state index contributed by atoms with van der Waals surface area (Å²) in [5.41, 5.74) is 3.59. The van der Waals surface area contributed by atoms with Gasteiger partial charge in [0.25, 0.3) is 0 Å². The maximum absolute atomic E-state index is 12.9. The van der Waals surface area contributed by atoms with Crippen LogP contribution in [0, 0.1) is 0 Å². The Labute approximate surface area is 170 Å². The standard InChI is InChI=1S/C22H19F3N2O3/c23-22(24,25)15-5-7-17-14(8-9-30-20(17)11-15)10-21(28)26-19-3-1-2-13-4-6-16(27-29)12-18(13)19/h1-3,5,7,10-11,29H,4,6,8-9,12H2,(H,26,28)/b14-10+,27-16+. The lowest BCUT2D eigenvalue weighted by Gasteiger charge is -2.22. The van der Waals surface area contributed by atoms with Crippen molar-refractivity contribution in [3.05, 3.63) is 64.7 Å². The molecular weight excluding hydrogens is 397 g/mol. The fraction of sp³-hybridized carbons (Fsp3) is 0.273. The van der Waals surface area contributed by atoms with Gasteiger partial charge < -0.3 is 15.3 Å². The zero-order valence-electron chi connectivity index (χ0n) is 15.9. The van der Waals surface area contributed by atoms with Crippen molar-refractivity contribution in [3.8, 4) is 5.75 Å². The van der Waals surface area contributed by atoms with E-state index in [1.54, 1.807) is 6.07 Å². The summed E-state index contributed by atoms with van der Waals surface area (Å²) in [7, 11) is 0. The van der Waals surface area contributed by atoms with Crippen LogP contribution >= 0.6 is 0 Å². The van der Waals surface area contributed by atoms with Crippen molar-refractivity contribution < 1.29 is 27.9 Å². The predicted molar refractivity (Wildman–Crippen MR) is 106 cm³/mol. The number of amides is 1. The molecule has 8 heteroatoms. The lowest BCUT2D eigenvalue weighted by molar-refractivity contribution is -0.137. The van der Waals surface area contributed by atoms with Crippen molar-refractivity contribution in [2.75, 3.05) is 11.9 Å². The smallest absolute Gasteiger partial charge is 0.416 e. The second-order valence-corrected chi connectivity index (χ2v) is 7.25. The number of hydrogen-bond acceptors (Lipinski definition) is 4. The third-order valence-corrected chi connectivity index (χ3v) is 5.33. The minimum absolute atomic E-state index is 0.121. The van der Waals surface area contributed by atoms with Crippen LogP contribution in [0.1, 0.15) is 35.1 Å². The summed E-state index contributed by atoms with van der Waals surface area (Å²) >= 11 is 0. The minimum Gasteiger partial charge on any atom is -0.493 e. The number of rotatable bonds is 2. The number of fused-ring (bicyclic) bond motifs is 2. The second kappa shape index (κ2) is 7.85. The van der Waals surface area contributed by atoms with E-state index in [0.29, 0.717) is 41.8 Å². The van der Waals surface area contributed by atoms with Gasteiger partial charge in [0, 0.05) is 30.2 Å². The van der Waals surface area contributed by atoms with E-state index in [2.05, 4.69) is 10.5 Å². The molecule has 5 nitrogen and oxygen atoms in total. The molecule has 0 saturated heterocycles. The van der Waals surface area contributed by atoms with E-state index in [4.69, 9.17) is 9.94 Å². The number of benzene rings is 2. The molecule has 2 aliphatic rings. The molecule has 1 amide bonds. The molecule has 2 aromatic carbocycles. The van der Waals surface area contributed by atoms with Gasteiger partial charge in [0.15, 0.2) is 0 Å². The molecule has 156 valence electrons. The Morgan fingerprint density at radius 1 is 1.17 bits per heavy atom. The minimum atomic E-state index is -4.46. The molecule has 1 heterocycles. The van der Waals surface area contributed by atoms with Gasteiger partial charge >= 0.3 is 6.18 Å². The van der Waals surface area contributed by atoms with Gasteiger partial charge in [-0.05, 0) is 47.7 Å². The van der Waals surface area contributed by atoms with E-state index in [-0.39, 0.29) is 18.3 Å². The predicted octanol–water partition coefficient (Wildman–Crippen LogP) is 4.83. The number of halogens is 3. The summed E-state index contributed by atoms with van der Waals surface area (Å²) in [5, 5.41) is 15.2. The van der Waals surface area contributed by atoms with Crippen molar-refractivity contribution in [2.24, 2.45) is 5.16 Å². The number of nitrogens with one attached hydrogen (secondary N) is 1. The first kappa shape index (κ1) is 20.0. The lowest BCUT2D eigenvalue weighted by atomic mass is 9.89. The fourth-order valence-electron chi connectivity index (χ4n) is 3.82. The maximum atomic E-state index is 12.9. The number of ether oxygens (including phenoxy) is 1. The fourth-order valence-corrected chi connectivity index (χ4v) is 3.82. The molecule has 0 bridgehead atoms. The first-order chi connectivity index (χ1) is 14.3. The summed E-state index contributed by atoms with van der Waals surface area (Å²) < 4.78 is 44.2. The van der Waals surface area contributed by atoms with Crippen LogP contribution in [0.2, 0.25) is 0 Å². The average Bonchev–Trinajstić information content (AvgIpc) is 2.73. The summed E-state index contributed by atoms with van der Waals surface area (Å²) in [6.45, 7) is 0.199. The van der Waals surface area contributed by atoms with Gasteiger partial charge in [-0.25, -0.2) is 0 Å². The van der Waals surface area contributed by atoms with Gasteiger partial charge in [0.2, 0.25) is 5.91 Å². The van der Waals surface area contributed by atoms with E-state index < -0.39 is 11.7 Å². The first-order valence-electron chi connectivity index (χ1n) is 9.51. The molecule has 0 spiro atoms. The Morgan fingerprint density at radius 2 is 2.00 bits per heavy atom. The van der Waals surface area contributed by atoms with Crippen molar-refractivity contribution in [3.63, 3.8) is 0 Å². The molecule has 0 saturated carbocycles. The second-order valence-electron chi connectivity index (χ2n) is 7.25. The molecule has 2 aromatic rings. The van der Waals surface area contributed by atoms with Gasteiger partial charge in [0.05, 0.1) is 17.9 Å². The van der Waals surface area contributed by atoms with E-state index in [9.17, 15) is 18.0 Å². The molecule has 4 rings (SSSR count). The molecule has 30 heavy (non-hydrogen) atoms. The molecule has 0 unspecified atom stereocenters. The van der Waals surface area contributed by atoms with Crippen LogP contribution in [0.25, 0.3) is 5.57 Å². The molecule has 2 N–H and O–H groups in total. The number of carbonyl (C=O) groups excluding carboxylic acids is 1. The van der Waals surface area contributed by atoms with Crippen molar-refractivity contribution >= 4 is 22.9 Å². The largest absolute Gasteiger partial charge is 0.493 e. The summed E-state index contributed by atoms with van der Waals surface area (Å²) in [6, 6.07) is 8.90. The number of nitrogens with zero attached hydrogens (tertiary/aromatic N) is 1. The molecule has 1 aliphatic carbocycles. The van der Waals surface area contributed by atoms with E-state index >= 15 is 0 Å². The Kier molecular flexibility index (Phi) is 5.24. The number of aryl methyl sites for hydroxylation is 1. The van der Waals surface area contributed by atoms with Crippen LogP contribution in [-0.2, 0) is 23.8 Å². The topological polar surface area (TPSA) is 70.9 Å². The van der Waals surface area contributed by atoms with Gasteiger partial charge in [-0.3, -0.25) is 4.79 Å². The Morgan fingerprint density at radius 3 is 2.77 bits per heavy atom. The van der Waals surface area contributed by atoms with Crippen LogP contribution in [0.4, 0.5) is 18.9 Å². The van der Waals surface area contributed by atoms with Crippen molar-refractivity contribution in [1.29, 1.82) is 0 Å². The van der Waals surface area contributed by atoms with E-state index in [0.717, 1.165) is 29.7 Å². The van der Waals surface area contributed by atoms with Crippen LogP contribution in [0.3, 0.4) is 0 Å². The van der Waals surface area contributed by atoms with E-state index in [1.807, 2.05) is 12.1 Å². The van der Waals surface area contributed by atoms with Crippen LogP contribution in [0.5, 0.6) is 5.75 Å². The molecule has 0 fully saturated rings. The van der Waals surface area contributed by atoms with Crippen LogP contribution < -0.4 is 10.1 Å². The van der Waals surface area contributed by atoms with Crippen LogP contribution in [0.15, 0.2) is 47.6 Å². The Balaban J connectivity index is 1.59. The van der Waals surface area contributed by atoms with Crippen molar-refractivity contribution in [2.45, 2.75) is 31.9 Å². The average molecular weight is 416 g/mol. The molecule has 1 aliphatic heterocycles. The third kappa shape index (κ3) is 4.03. The van der Waals surface area contributed by atoms with E-state index in [1.165, 1.54) is 12.1 Å². The number of alkyl halides is 3. The maximum Gasteiger partial charge on any atom is 0.416 e. The number of oxime groups is 1. The first-order valence-corrected chi connectivity index (χ1v) is 9.51. The number of hydrogen-bond donors (Lipinski definition) is 2. The molecular formula is C22H19F3N2O3. The summed E-state index contributed by atoms with van der Waals surface area (Å²) in [4.78, 5) is 12.7. The van der Waals surface area contributed by atoms with Gasteiger partial charge in [-0.2, -0.15) is 13.2 Å². The Hall–Kier alpha value is -3.29. The Bertz CT molecular complexity index is 1060. The third-order valence-electron chi connectivity index (χ3n) is 5.33. The highest BCUT2D eigenvalue weighted by molar-refractivity contribution is 6.05. The van der Waals surface area contributed by atoms with Gasteiger partial charge in [0.1, 0.15) is 5.75 Å². The zero-order chi connectivity index (χ0) is 21.3. The normalized spacial score (nSPS) is 18.5. The SMILES string of the molecule is O=C(/C=C1\CCOc2cc(C(F)(F)F)ccc21)Nc1cccc2c1C/C(=N/O)CC2. The highest BCUT2D eigenvalue weighted by Gasteiger charge is 2.32. The lowest BCUT2D eigenvalue weighted by Crippen LogP contribution is -2.18. The zero-order valence-corrected chi connectivity index (χ0v) is 15.9. The van der Waals surface area contributed by atoms with Crippen molar-refractivity contribution in [1.82, 2.24) is 0 Å². The summed E-state index contributed by atoms with van der Waals surface area (Å²) in [5.74, 6) is -0.254. The molecule has 0 radical (unpaired) electrons. The number of carbonyl (C=O) groups is 1. The quantitative estimate of drug-likeness (QED) is 0.419.